The predicted molar refractivity (Wildman–Crippen MR) is 55.3 cm³/mol. The first kappa shape index (κ1) is 8.82. The molecule has 0 saturated carbocycles. The van der Waals surface area contributed by atoms with Gasteiger partial charge in [0.25, 0.3) is 0 Å². The molecule has 0 saturated heterocycles. The van der Waals surface area contributed by atoms with Gasteiger partial charge in [-0.2, -0.15) is 0 Å². The first-order chi connectivity index (χ1) is 6.20. The van der Waals surface area contributed by atoms with Gasteiger partial charge in [0.2, 0.25) is 0 Å². The monoisotopic (exact) mass is 192 g/mol. The summed E-state index contributed by atoms with van der Waals surface area (Å²) in [6, 6.07) is 6.25. The topological polar surface area (TPSA) is 17.1 Å². The number of thioether (sulfide) groups is 1. The fraction of sp³-hybridized carbons (Fsp3) is 0.364. The van der Waals surface area contributed by atoms with Gasteiger partial charge in [-0.3, -0.25) is 4.79 Å². The van der Waals surface area contributed by atoms with Crippen LogP contribution in [0.1, 0.15) is 24.0 Å². The zero-order chi connectivity index (χ0) is 9.42. The van der Waals surface area contributed by atoms with E-state index in [1.165, 1.54) is 16.0 Å². The van der Waals surface area contributed by atoms with Crippen LogP contribution in [0.3, 0.4) is 0 Å². The van der Waals surface area contributed by atoms with E-state index in [-0.39, 0.29) is 5.92 Å². The number of carbonyl (C=O) groups is 1. The van der Waals surface area contributed by atoms with Crippen LogP contribution in [0.15, 0.2) is 23.1 Å². The third-order valence-corrected chi connectivity index (χ3v) is 3.70. The normalized spacial score (nSPS) is 20.0. The van der Waals surface area contributed by atoms with Gasteiger partial charge >= 0.3 is 0 Å². The number of fused-ring (bicyclic) bond motifs is 1. The summed E-state index contributed by atoms with van der Waals surface area (Å²) in [5.41, 5.74) is 2.52. The number of hydrogen-bond donors (Lipinski definition) is 0. The molecule has 0 radical (unpaired) electrons. The molecule has 1 aliphatic heterocycles. The first-order valence-corrected chi connectivity index (χ1v) is 5.41. The van der Waals surface area contributed by atoms with Crippen LogP contribution in [0.2, 0.25) is 0 Å². The van der Waals surface area contributed by atoms with Crippen LogP contribution in [-0.2, 0) is 4.79 Å². The lowest BCUT2D eigenvalue weighted by molar-refractivity contribution is -0.117. The molecule has 1 aromatic carbocycles. The number of benzene rings is 1. The quantitative estimate of drug-likeness (QED) is 0.680. The molecule has 1 aliphatic rings. The van der Waals surface area contributed by atoms with Crippen LogP contribution in [0.4, 0.5) is 0 Å². The lowest BCUT2D eigenvalue weighted by Crippen LogP contribution is -2.08. The number of hydrogen-bond acceptors (Lipinski definition) is 2. The Morgan fingerprint density at radius 2 is 2.31 bits per heavy atom. The number of rotatable bonds is 1. The second-order valence-electron chi connectivity index (χ2n) is 3.46. The molecule has 68 valence electrons. The molecule has 1 aromatic rings. The van der Waals surface area contributed by atoms with Crippen LogP contribution in [0.25, 0.3) is 0 Å². The summed E-state index contributed by atoms with van der Waals surface area (Å²) in [5.74, 6) is 1.36. The Hall–Kier alpha value is -0.760. The molecule has 0 bridgehead atoms. The van der Waals surface area contributed by atoms with E-state index in [9.17, 15) is 4.79 Å². The number of Topliss-reactive ketones (excluding diaryl/α,β-unsaturated/α-hetero) is 1. The molecule has 13 heavy (non-hydrogen) atoms. The molecule has 1 unspecified atom stereocenters. The van der Waals surface area contributed by atoms with E-state index in [2.05, 4.69) is 25.1 Å². The van der Waals surface area contributed by atoms with Gasteiger partial charge in [-0.15, -0.1) is 11.8 Å². The van der Waals surface area contributed by atoms with Crippen LogP contribution in [-0.4, -0.2) is 11.5 Å². The highest BCUT2D eigenvalue weighted by Gasteiger charge is 2.27. The second-order valence-corrected chi connectivity index (χ2v) is 4.52. The van der Waals surface area contributed by atoms with E-state index in [1.54, 1.807) is 18.7 Å². The van der Waals surface area contributed by atoms with Gasteiger partial charge < -0.3 is 0 Å². The van der Waals surface area contributed by atoms with Crippen molar-refractivity contribution < 1.29 is 4.79 Å². The third kappa shape index (κ3) is 1.39. The van der Waals surface area contributed by atoms with E-state index < -0.39 is 0 Å². The van der Waals surface area contributed by atoms with E-state index in [0.29, 0.717) is 5.78 Å². The van der Waals surface area contributed by atoms with E-state index in [4.69, 9.17) is 0 Å². The van der Waals surface area contributed by atoms with Gasteiger partial charge in [-0.25, -0.2) is 0 Å². The molecule has 0 spiro atoms. The minimum atomic E-state index is 0.140. The average Bonchev–Trinajstić information content (AvgIpc) is 2.49. The van der Waals surface area contributed by atoms with Gasteiger partial charge in [0.05, 0.1) is 5.92 Å². The van der Waals surface area contributed by atoms with Crippen LogP contribution < -0.4 is 0 Å². The highest BCUT2D eigenvalue weighted by molar-refractivity contribution is 7.99. The van der Waals surface area contributed by atoms with Crippen LogP contribution >= 0.6 is 11.8 Å². The summed E-state index contributed by atoms with van der Waals surface area (Å²) in [6.45, 7) is 3.77. The van der Waals surface area contributed by atoms with E-state index >= 15 is 0 Å². The zero-order valence-electron chi connectivity index (χ0n) is 7.83. The fourth-order valence-corrected chi connectivity index (χ4v) is 3.18. The first-order valence-electron chi connectivity index (χ1n) is 4.43. The molecule has 1 nitrogen and oxygen atoms in total. The van der Waals surface area contributed by atoms with Gasteiger partial charge in [0, 0.05) is 10.6 Å². The van der Waals surface area contributed by atoms with Crippen LogP contribution in [0.5, 0.6) is 0 Å². The summed E-state index contributed by atoms with van der Waals surface area (Å²) in [6.07, 6.45) is 0. The molecule has 0 fully saturated rings. The number of ketones is 1. The summed E-state index contributed by atoms with van der Waals surface area (Å²) in [4.78, 5) is 12.6. The molecule has 0 N–H and O–H groups in total. The third-order valence-electron chi connectivity index (χ3n) is 2.53. The molecule has 2 heteroatoms. The summed E-state index contributed by atoms with van der Waals surface area (Å²) in [7, 11) is 0. The van der Waals surface area contributed by atoms with Gasteiger partial charge in [-0.1, -0.05) is 12.1 Å². The minimum Gasteiger partial charge on any atom is -0.299 e. The van der Waals surface area contributed by atoms with Crippen molar-refractivity contribution in [2.75, 3.05) is 5.75 Å². The Labute approximate surface area is 82.5 Å². The molecule has 1 heterocycles. The maximum Gasteiger partial charge on any atom is 0.138 e. The molecule has 0 amide bonds. The minimum absolute atomic E-state index is 0.140. The molecular weight excluding hydrogens is 180 g/mol. The van der Waals surface area contributed by atoms with Gasteiger partial charge in [0.15, 0.2) is 0 Å². The lowest BCUT2D eigenvalue weighted by Gasteiger charge is -2.08. The molecule has 0 aliphatic carbocycles. The molecule has 2 rings (SSSR count). The second kappa shape index (κ2) is 3.18. The zero-order valence-corrected chi connectivity index (χ0v) is 8.65. The maximum absolute atomic E-state index is 11.3. The number of carbonyl (C=O) groups excluding carboxylic acids is 1. The van der Waals surface area contributed by atoms with Crippen molar-refractivity contribution in [2.45, 2.75) is 24.7 Å². The standard InChI is InChI=1S/C11H12OS/c1-7-4-3-5-10-11(7)9(6-13-10)8(2)12/h3-5,9H,6H2,1-2H3. The maximum atomic E-state index is 11.3. The van der Waals surface area contributed by atoms with E-state index in [0.717, 1.165) is 5.75 Å². The predicted octanol–water partition coefficient (Wildman–Crippen LogP) is 2.77. The van der Waals surface area contributed by atoms with Crippen molar-refractivity contribution in [2.24, 2.45) is 0 Å². The molecule has 0 aromatic heterocycles. The van der Waals surface area contributed by atoms with Crippen molar-refractivity contribution in [3.05, 3.63) is 29.3 Å². The molecular formula is C11H12OS. The Morgan fingerprint density at radius 1 is 1.54 bits per heavy atom. The van der Waals surface area contributed by atoms with Crippen molar-refractivity contribution in [3.8, 4) is 0 Å². The Balaban J connectivity index is 2.52. The Bertz CT molecular complexity index is 357. The Morgan fingerprint density at radius 3 is 3.00 bits per heavy atom. The van der Waals surface area contributed by atoms with Crippen molar-refractivity contribution in [3.63, 3.8) is 0 Å². The SMILES string of the molecule is CC(=O)C1CSc2cccc(C)c21. The van der Waals surface area contributed by atoms with E-state index in [1.807, 2.05) is 0 Å². The average molecular weight is 192 g/mol. The summed E-state index contributed by atoms with van der Waals surface area (Å²) < 4.78 is 0. The summed E-state index contributed by atoms with van der Waals surface area (Å²) >= 11 is 1.80. The smallest absolute Gasteiger partial charge is 0.138 e. The fourth-order valence-electron chi connectivity index (χ4n) is 1.80. The van der Waals surface area contributed by atoms with Crippen molar-refractivity contribution in [1.29, 1.82) is 0 Å². The number of aryl methyl sites for hydroxylation is 1. The van der Waals surface area contributed by atoms with Gasteiger partial charge in [0.1, 0.15) is 5.78 Å². The lowest BCUT2D eigenvalue weighted by atomic mass is 9.94. The van der Waals surface area contributed by atoms with Crippen LogP contribution in [0, 0.1) is 6.92 Å². The largest absolute Gasteiger partial charge is 0.299 e. The highest BCUT2D eigenvalue weighted by atomic mass is 32.2. The van der Waals surface area contributed by atoms with Crippen molar-refractivity contribution in [1.82, 2.24) is 0 Å². The molecule has 1 atom stereocenters. The highest BCUT2D eigenvalue weighted by Crippen LogP contribution is 2.41. The summed E-state index contributed by atoms with van der Waals surface area (Å²) in [5, 5.41) is 0. The van der Waals surface area contributed by atoms with Gasteiger partial charge in [-0.05, 0) is 31.0 Å². The van der Waals surface area contributed by atoms with Crippen molar-refractivity contribution >= 4 is 17.5 Å². The Kier molecular flexibility index (Phi) is 2.16.